The summed E-state index contributed by atoms with van der Waals surface area (Å²) in [6, 6.07) is 0. The van der Waals surface area contributed by atoms with E-state index in [2.05, 4.69) is 30.2 Å². The van der Waals surface area contributed by atoms with Gasteiger partial charge < -0.3 is 5.32 Å². The van der Waals surface area contributed by atoms with E-state index in [4.69, 9.17) is 0 Å². The molecular formula is C13H21N. The zero-order valence-corrected chi connectivity index (χ0v) is 9.40. The Morgan fingerprint density at radius 2 is 2.43 bits per heavy atom. The van der Waals surface area contributed by atoms with Crippen LogP contribution in [0.2, 0.25) is 0 Å². The fourth-order valence-corrected chi connectivity index (χ4v) is 2.08. The number of piperidine rings is 1. The van der Waals surface area contributed by atoms with Crippen molar-refractivity contribution in [3.8, 4) is 11.8 Å². The Labute approximate surface area is 88.0 Å². The highest BCUT2D eigenvalue weighted by Gasteiger charge is 2.15. The monoisotopic (exact) mass is 191 g/mol. The molecule has 1 fully saturated rings. The first-order valence-electron chi connectivity index (χ1n) is 5.64. The molecular weight excluding hydrogens is 170 g/mol. The first-order valence-corrected chi connectivity index (χ1v) is 5.64. The molecule has 1 N–H and O–H groups in total. The molecule has 0 aromatic rings. The molecule has 1 heterocycles. The fourth-order valence-electron chi connectivity index (χ4n) is 2.08. The molecule has 0 radical (unpaired) electrons. The average molecular weight is 191 g/mol. The molecule has 1 rings (SSSR count). The van der Waals surface area contributed by atoms with E-state index < -0.39 is 0 Å². The molecule has 1 aliphatic heterocycles. The molecule has 1 aliphatic rings. The van der Waals surface area contributed by atoms with Crippen molar-refractivity contribution in [3.05, 3.63) is 11.6 Å². The van der Waals surface area contributed by atoms with Crippen molar-refractivity contribution in [3.63, 3.8) is 0 Å². The summed E-state index contributed by atoms with van der Waals surface area (Å²) >= 11 is 0. The van der Waals surface area contributed by atoms with Crippen LogP contribution in [0, 0.1) is 17.8 Å². The molecule has 0 amide bonds. The highest BCUT2D eigenvalue weighted by molar-refractivity contribution is 5.10. The fraction of sp³-hybridized carbons (Fsp3) is 0.692. The normalized spacial score (nSPS) is 22.7. The smallest absolute Gasteiger partial charge is 0.0126 e. The number of rotatable bonds is 3. The van der Waals surface area contributed by atoms with Crippen molar-refractivity contribution in [1.82, 2.24) is 5.32 Å². The van der Waals surface area contributed by atoms with E-state index in [0.29, 0.717) is 0 Å². The maximum Gasteiger partial charge on any atom is 0.0126 e. The Balaban J connectivity index is 2.39. The van der Waals surface area contributed by atoms with Gasteiger partial charge in [-0.05, 0) is 45.6 Å². The van der Waals surface area contributed by atoms with Crippen LogP contribution in [0.15, 0.2) is 11.6 Å². The van der Waals surface area contributed by atoms with Crippen molar-refractivity contribution in [2.75, 3.05) is 13.1 Å². The number of allylic oxidation sites excluding steroid dienone is 1. The zero-order chi connectivity index (χ0) is 10.2. The van der Waals surface area contributed by atoms with Crippen molar-refractivity contribution < 1.29 is 0 Å². The van der Waals surface area contributed by atoms with E-state index in [1.54, 1.807) is 5.57 Å². The molecule has 78 valence electrons. The molecule has 0 unspecified atom stereocenters. The van der Waals surface area contributed by atoms with Gasteiger partial charge in [-0.25, -0.2) is 0 Å². The number of hydrogen-bond donors (Lipinski definition) is 1. The van der Waals surface area contributed by atoms with E-state index in [-0.39, 0.29) is 0 Å². The lowest BCUT2D eigenvalue weighted by Crippen LogP contribution is -2.30. The van der Waals surface area contributed by atoms with Crippen LogP contribution in [0.25, 0.3) is 0 Å². The molecule has 1 heteroatoms. The minimum Gasteiger partial charge on any atom is -0.316 e. The Morgan fingerprint density at radius 3 is 3.00 bits per heavy atom. The third-order valence-electron chi connectivity index (χ3n) is 2.91. The first kappa shape index (κ1) is 11.3. The molecule has 1 nitrogen and oxygen atoms in total. The van der Waals surface area contributed by atoms with E-state index in [9.17, 15) is 0 Å². The Morgan fingerprint density at radius 1 is 1.57 bits per heavy atom. The van der Waals surface area contributed by atoms with Crippen LogP contribution in [0.3, 0.4) is 0 Å². The largest absolute Gasteiger partial charge is 0.316 e. The minimum atomic E-state index is 0.771. The highest BCUT2D eigenvalue weighted by atomic mass is 14.9. The second kappa shape index (κ2) is 6.68. The summed E-state index contributed by atoms with van der Waals surface area (Å²) in [5.74, 6) is 6.87. The van der Waals surface area contributed by atoms with E-state index in [1.807, 2.05) is 6.92 Å². The summed E-state index contributed by atoms with van der Waals surface area (Å²) < 4.78 is 0. The van der Waals surface area contributed by atoms with Crippen LogP contribution >= 0.6 is 0 Å². The summed E-state index contributed by atoms with van der Waals surface area (Å²) in [6.07, 6.45) is 7.14. The van der Waals surface area contributed by atoms with Gasteiger partial charge in [0.1, 0.15) is 0 Å². The lowest BCUT2D eigenvalue weighted by Gasteiger charge is -2.25. The van der Waals surface area contributed by atoms with E-state index in [0.717, 1.165) is 18.8 Å². The third kappa shape index (κ3) is 3.55. The summed E-state index contributed by atoms with van der Waals surface area (Å²) in [5.41, 5.74) is 1.60. The Hall–Kier alpha value is -0.740. The molecule has 1 saturated heterocycles. The second-order valence-corrected chi connectivity index (χ2v) is 3.83. The first-order chi connectivity index (χ1) is 6.88. The topological polar surface area (TPSA) is 12.0 Å². The summed E-state index contributed by atoms with van der Waals surface area (Å²) in [7, 11) is 0. The molecule has 0 saturated carbocycles. The Kier molecular flexibility index (Phi) is 5.40. The lowest BCUT2D eigenvalue weighted by atomic mass is 9.88. The van der Waals surface area contributed by atoms with Gasteiger partial charge >= 0.3 is 0 Å². The van der Waals surface area contributed by atoms with Gasteiger partial charge in [-0.15, -0.1) is 11.8 Å². The second-order valence-electron chi connectivity index (χ2n) is 3.83. The quantitative estimate of drug-likeness (QED) is 0.534. The van der Waals surface area contributed by atoms with Crippen LogP contribution in [0.1, 0.15) is 39.5 Å². The average Bonchev–Trinajstić information content (AvgIpc) is 2.26. The van der Waals surface area contributed by atoms with E-state index in [1.165, 1.54) is 25.9 Å². The molecule has 0 aliphatic carbocycles. The molecule has 0 spiro atoms. The summed E-state index contributed by atoms with van der Waals surface area (Å²) in [5, 5.41) is 3.46. The van der Waals surface area contributed by atoms with Gasteiger partial charge in [0, 0.05) is 13.0 Å². The van der Waals surface area contributed by atoms with Gasteiger partial charge in [-0.3, -0.25) is 0 Å². The standard InChI is InChI=1S/C13H21N/c1-3-5-6-8-12(4-2)13-9-7-10-14-11-13/h4,13-14H,6-11H2,1-2H3/b12-4+/t13-/m1/s1. The van der Waals surface area contributed by atoms with Crippen LogP contribution in [0.4, 0.5) is 0 Å². The molecule has 0 bridgehead atoms. The number of hydrogen-bond acceptors (Lipinski definition) is 1. The zero-order valence-electron chi connectivity index (χ0n) is 9.40. The number of nitrogens with one attached hydrogen (secondary N) is 1. The molecule has 0 aromatic heterocycles. The summed E-state index contributed by atoms with van der Waals surface area (Å²) in [6.45, 7) is 6.43. The minimum absolute atomic E-state index is 0.771. The SMILES string of the molecule is CC#CCC/C(=C\C)[C@@H]1CCCNC1. The Bertz CT molecular complexity index is 236. The maximum atomic E-state index is 3.46. The predicted octanol–water partition coefficient (Wildman–Crippen LogP) is 2.74. The van der Waals surface area contributed by atoms with Gasteiger partial charge in [0.25, 0.3) is 0 Å². The molecule has 0 aromatic carbocycles. The molecule has 1 atom stereocenters. The van der Waals surface area contributed by atoms with Gasteiger partial charge in [-0.1, -0.05) is 11.6 Å². The van der Waals surface area contributed by atoms with Crippen molar-refractivity contribution in [1.29, 1.82) is 0 Å². The van der Waals surface area contributed by atoms with Gasteiger partial charge in [0.15, 0.2) is 0 Å². The maximum absolute atomic E-state index is 3.46. The van der Waals surface area contributed by atoms with Gasteiger partial charge in [0.05, 0.1) is 0 Å². The van der Waals surface area contributed by atoms with Crippen LogP contribution in [-0.4, -0.2) is 13.1 Å². The van der Waals surface area contributed by atoms with Gasteiger partial charge in [0.2, 0.25) is 0 Å². The van der Waals surface area contributed by atoms with Crippen LogP contribution in [0.5, 0.6) is 0 Å². The van der Waals surface area contributed by atoms with Gasteiger partial charge in [-0.2, -0.15) is 0 Å². The van der Waals surface area contributed by atoms with Crippen LogP contribution < -0.4 is 5.32 Å². The summed E-state index contributed by atoms with van der Waals surface area (Å²) in [4.78, 5) is 0. The van der Waals surface area contributed by atoms with Crippen molar-refractivity contribution in [2.24, 2.45) is 5.92 Å². The third-order valence-corrected chi connectivity index (χ3v) is 2.91. The van der Waals surface area contributed by atoms with Crippen molar-refractivity contribution in [2.45, 2.75) is 39.5 Å². The van der Waals surface area contributed by atoms with Crippen molar-refractivity contribution >= 4 is 0 Å². The highest BCUT2D eigenvalue weighted by Crippen LogP contribution is 2.22. The van der Waals surface area contributed by atoms with E-state index >= 15 is 0 Å². The predicted molar refractivity (Wildman–Crippen MR) is 62.0 cm³/mol. The molecule has 14 heavy (non-hydrogen) atoms. The van der Waals surface area contributed by atoms with Crippen LogP contribution in [-0.2, 0) is 0 Å². The lowest BCUT2D eigenvalue weighted by molar-refractivity contribution is 0.414.